The number of piperazine rings is 1. The van der Waals surface area contributed by atoms with Gasteiger partial charge in [-0.3, -0.25) is 4.90 Å². The van der Waals surface area contributed by atoms with Crippen LogP contribution in [-0.4, -0.2) is 56.2 Å². The van der Waals surface area contributed by atoms with E-state index >= 15 is 0 Å². The maximum absolute atomic E-state index is 13.2. The molecule has 6 nitrogen and oxygen atoms in total. The van der Waals surface area contributed by atoms with Gasteiger partial charge in [-0.15, -0.1) is 0 Å². The number of benzene rings is 2. The Bertz CT molecular complexity index is 792. The fourth-order valence-corrected chi connectivity index (χ4v) is 3.12. The van der Waals surface area contributed by atoms with E-state index < -0.39 is 0 Å². The fourth-order valence-electron chi connectivity index (χ4n) is 3.12. The molecule has 0 saturated carbocycles. The van der Waals surface area contributed by atoms with E-state index in [-0.39, 0.29) is 11.8 Å². The van der Waals surface area contributed by atoms with E-state index in [0.717, 1.165) is 25.2 Å². The highest BCUT2D eigenvalue weighted by atomic mass is 19.1. The Balaban J connectivity index is 1.52. The summed E-state index contributed by atoms with van der Waals surface area (Å²) in [7, 11) is 3.24. The van der Waals surface area contributed by atoms with Crippen molar-refractivity contribution in [2.45, 2.75) is 6.54 Å². The molecule has 0 aromatic heterocycles. The van der Waals surface area contributed by atoms with E-state index in [9.17, 15) is 9.18 Å². The zero-order valence-electron chi connectivity index (χ0n) is 15.6. The highest BCUT2D eigenvalue weighted by Gasteiger charge is 2.21. The average Bonchev–Trinajstić information content (AvgIpc) is 2.68. The molecule has 3 rings (SSSR count). The first-order valence-electron chi connectivity index (χ1n) is 8.84. The maximum Gasteiger partial charge on any atom is 0.321 e. The van der Waals surface area contributed by atoms with Crippen LogP contribution in [-0.2, 0) is 6.54 Å². The van der Waals surface area contributed by atoms with Crippen molar-refractivity contribution in [2.24, 2.45) is 0 Å². The molecule has 27 heavy (non-hydrogen) atoms. The molecule has 144 valence electrons. The van der Waals surface area contributed by atoms with Crippen LogP contribution in [0.5, 0.6) is 11.5 Å². The Morgan fingerprint density at radius 3 is 2.44 bits per heavy atom. The predicted octanol–water partition coefficient (Wildman–Crippen LogP) is 3.19. The van der Waals surface area contributed by atoms with Gasteiger partial charge in [-0.1, -0.05) is 12.1 Å². The van der Waals surface area contributed by atoms with Crippen molar-refractivity contribution in [2.75, 3.05) is 45.7 Å². The summed E-state index contributed by atoms with van der Waals surface area (Å²) in [5.74, 6) is 1.05. The highest BCUT2D eigenvalue weighted by molar-refractivity contribution is 5.89. The molecule has 1 heterocycles. The lowest BCUT2D eigenvalue weighted by Crippen LogP contribution is -2.49. The lowest BCUT2D eigenvalue weighted by atomic mass is 10.1. The Morgan fingerprint density at radius 2 is 1.78 bits per heavy atom. The minimum atomic E-state index is -0.368. The number of methoxy groups -OCH3 is 2. The molecular formula is C20H24FN3O3. The van der Waals surface area contributed by atoms with Crippen molar-refractivity contribution in [1.82, 2.24) is 9.80 Å². The summed E-state index contributed by atoms with van der Waals surface area (Å²) in [6.45, 7) is 3.55. The first-order chi connectivity index (χ1) is 13.1. The number of hydrogen-bond acceptors (Lipinski definition) is 4. The van der Waals surface area contributed by atoms with Gasteiger partial charge in [-0.05, 0) is 35.9 Å². The largest absolute Gasteiger partial charge is 0.493 e. The number of nitrogens with one attached hydrogen (secondary N) is 1. The molecule has 0 atom stereocenters. The molecule has 2 aromatic rings. The van der Waals surface area contributed by atoms with Crippen LogP contribution in [0, 0.1) is 5.82 Å². The minimum absolute atomic E-state index is 0.202. The van der Waals surface area contributed by atoms with E-state index in [1.807, 2.05) is 18.2 Å². The van der Waals surface area contributed by atoms with E-state index in [2.05, 4.69) is 10.2 Å². The molecular weight excluding hydrogens is 349 g/mol. The number of anilines is 1. The van der Waals surface area contributed by atoms with E-state index in [0.29, 0.717) is 30.3 Å². The second-order valence-electron chi connectivity index (χ2n) is 6.39. The van der Waals surface area contributed by atoms with Gasteiger partial charge >= 0.3 is 6.03 Å². The van der Waals surface area contributed by atoms with E-state index in [1.54, 1.807) is 31.3 Å². The first-order valence-corrected chi connectivity index (χ1v) is 8.84. The molecule has 0 bridgehead atoms. The topological polar surface area (TPSA) is 54.0 Å². The normalized spacial score (nSPS) is 14.7. The van der Waals surface area contributed by atoms with Crippen LogP contribution in [0.25, 0.3) is 0 Å². The molecule has 1 saturated heterocycles. The lowest BCUT2D eigenvalue weighted by molar-refractivity contribution is 0.143. The minimum Gasteiger partial charge on any atom is -0.493 e. The number of halogens is 1. The van der Waals surface area contributed by atoms with Gasteiger partial charge in [0, 0.05) is 38.4 Å². The van der Waals surface area contributed by atoms with Crippen molar-refractivity contribution in [3.8, 4) is 11.5 Å². The van der Waals surface area contributed by atoms with Crippen LogP contribution >= 0.6 is 0 Å². The van der Waals surface area contributed by atoms with Crippen LogP contribution in [0.3, 0.4) is 0 Å². The van der Waals surface area contributed by atoms with Gasteiger partial charge < -0.3 is 19.7 Å². The van der Waals surface area contributed by atoms with Crippen LogP contribution in [0.15, 0.2) is 42.5 Å². The monoisotopic (exact) mass is 373 g/mol. The van der Waals surface area contributed by atoms with Crippen LogP contribution in [0.2, 0.25) is 0 Å². The van der Waals surface area contributed by atoms with Gasteiger partial charge in [0.15, 0.2) is 11.5 Å². The molecule has 1 aliphatic heterocycles. The Labute approximate surface area is 158 Å². The number of rotatable bonds is 5. The number of carbonyl (C=O) groups is 1. The number of hydrogen-bond donors (Lipinski definition) is 1. The third kappa shape index (κ3) is 4.89. The van der Waals surface area contributed by atoms with Crippen LogP contribution in [0.4, 0.5) is 14.9 Å². The molecule has 2 aromatic carbocycles. The highest BCUT2D eigenvalue weighted by Crippen LogP contribution is 2.28. The number of amides is 2. The summed E-state index contributed by atoms with van der Waals surface area (Å²) in [6, 6.07) is 11.6. The average molecular weight is 373 g/mol. The predicted molar refractivity (Wildman–Crippen MR) is 102 cm³/mol. The van der Waals surface area contributed by atoms with Gasteiger partial charge in [0.25, 0.3) is 0 Å². The summed E-state index contributed by atoms with van der Waals surface area (Å²) in [4.78, 5) is 16.4. The van der Waals surface area contributed by atoms with Gasteiger partial charge in [0.05, 0.1) is 14.2 Å². The molecule has 1 aliphatic rings. The summed E-state index contributed by atoms with van der Waals surface area (Å²) in [5, 5.41) is 2.74. The Morgan fingerprint density at radius 1 is 1.04 bits per heavy atom. The van der Waals surface area contributed by atoms with Crippen molar-refractivity contribution in [3.63, 3.8) is 0 Å². The standard InChI is InChI=1S/C20H24FN3O3/c1-26-18-7-6-15(12-19(18)27-2)14-23-8-10-24(11-9-23)20(25)22-17-5-3-4-16(21)13-17/h3-7,12-13H,8-11,14H2,1-2H3,(H,22,25). The Kier molecular flexibility index (Phi) is 6.13. The lowest BCUT2D eigenvalue weighted by Gasteiger charge is -2.34. The smallest absolute Gasteiger partial charge is 0.321 e. The van der Waals surface area contributed by atoms with Gasteiger partial charge in [0.1, 0.15) is 5.82 Å². The maximum atomic E-state index is 13.2. The van der Waals surface area contributed by atoms with Crippen molar-refractivity contribution < 1.29 is 18.7 Å². The summed E-state index contributed by atoms with van der Waals surface area (Å²) < 4.78 is 23.8. The van der Waals surface area contributed by atoms with Crippen molar-refractivity contribution >= 4 is 11.7 Å². The zero-order chi connectivity index (χ0) is 19.2. The third-order valence-electron chi connectivity index (χ3n) is 4.59. The quantitative estimate of drug-likeness (QED) is 0.875. The Hall–Kier alpha value is -2.80. The molecule has 7 heteroatoms. The van der Waals surface area contributed by atoms with E-state index in [4.69, 9.17) is 9.47 Å². The third-order valence-corrected chi connectivity index (χ3v) is 4.59. The number of carbonyl (C=O) groups excluding carboxylic acids is 1. The SMILES string of the molecule is COc1ccc(CN2CCN(C(=O)Nc3cccc(F)c3)CC2)cc1OC. The number of nitrogens with zero attached hydrogens (tertiary/aromatic N) is 2. The molecule has 0 radical (unpaired) electrons. The summed E-state index contributed by atoms with van der Waals surface area (Å²) >= 11 is 0. The van der Waals surface area contributed by atoms with Crippen LogP contribution in [0.1, 0.15) is 5.56 Å². The summed E-state index contributed by atoms with van der Waals surface area (Å²) in [5.41, 5.74) is 1.60. The fraction of sp³-hybridized carbons (Fsp3) is 0.350. The van der Waals surface area contributed by atoms with Gasteiger partial charge in [-0.2, -0.15) is 0 Å². The van der Waals surface area contributed by atoms with Crippen molar-refractivity contribution in [1.29, 1.82) is 0 Å². The van der Waals surface area contributed by atoms with Crippen LogP contribution < -0.4 is 14.8 Å². The molecule has 2 amide bonds. The molecule has 0 unspecified atom stereocenters. The number of urea groups is 1. The summed E-state index contributed by atoms with van der Waals surface area (Å²) in [6.07, 6.45) is 0. The van der Waals surface area contributed by atoms with Crippen molar-refractivity contribution in [3.05, 3.63) is 53.8 Å². The second kappa shape index (κ2) is 8.73. The first kappa shape index (κ1) is 19.0. The van der Waals surface area contributed by atoms with E-state index in [1.165, 1.54) is 12.1 Å². The molecule has 1 fully saturated rings. The van der Waals surface area contributed by atoms with Gasteiger partial charge in [0.2, 0.25) is 0 Å². The second-order valence-corrected chi connectivity index (χ2v) is 6.39. The zero-order valence-corrected chi connectivity index (χ0v) is 15.6. The molecule has 0 spiro atoms. The molecule has 1 N–H and O–H groups in total. The number of ether oxygens (including phenoxy) is 2. The molecule has 0 aliphatic carbocycles. The van der Waals surface area contributed by atoms with Gasteiger partial charge in [-0.25, -0.2) is 9.18 Å².